The molecule has 1 heterocycles. The topological polar surface area (TPSA) is 57.8 Å². The fraction of sp³-hybridized carbons (Fsp3) is 0.130. The average Bonchev–Trinajstić information content (AvgIpc) is 3.00. The van der Waals surface area contributed by atoms with Crippen molar-refractivity contribution in [1.29, 1.82) is 5.26 Å². The second-order valence-electron chi connectivity index (χ2n) is 6.96. The summed E-state index contributed by atoms with van der Waals surface area (Å²) < 4.78 is 41.4. The molecule has 0 fully saturated rings. The van der Waals surface area contributed by atoms with Crippen molar-refractivity contribution in [3.63, 3.8) is 0 Å². The Labute approximate surface area is 196 Å². The first-order valence-electron chi connectivity index (χ1n) is 9.26. The number of carbonyl (C=O) groups excluding carboxylic acids is 1. The van der Waals surface area contributed by atoms with E-state index in [0.717, 1.165) is 33.7 Å². The normalized spacial score (nSPS) is 11.9. The zero-order chi connectivity index (χ0) is 23.6. The van der Waals surface area contributed by atoms with E-state index in [-0.39, 0.29) is 11.3 Å². The summed E-state index contributed by atoms with van der Waals surface area (Å²) in [5.74, 6) is -0.802. The summed E-state index contributed by atoms with van der Waals surface area (Å²) in [4.78, 5) is 12.6. The molecule has 9 heteroatoms. The molecule has 0 saturated heterocycles. The SMILES string of the molecule is Cc1cc(/C=C(/C#N)C(=O)Nc2cccc(C(F)(F)F)c2)c(C)n1-c1ccc(Br)c(Cl)c1. The van der Waals surface area contributed by atoms with Gasteiger partial charge in [0.2, 0.25) is 0 Å². The van der Waals surface area contributed by atoms with Gasteiger partial charge in [-0.05, 0) is 83.9 Å². The van der Waals surface area contributed by atoms with E-state index in [4.69, 9.17) is 11.6 Å². The highest BCUT2D eigenvalue weighted by atomic mass is 79.9. The minimum absolute atomic E-state index is 0.0547. The molecule has 1 aromatic heterocycles. The van der Waals surface area contributed by atoms with Gasteiger partial charge in [0.25, 0.3) is 5.91 Å². The molecule has 4 nitrogen and oxygen atoms in total. The molecular formula is C23H16BrClF3N3O. The molecule has 0 aliphatic carbocycles. The van der Waals surface area contributed by atoms with Crippen molar-refractivity contribution in [3.05, 3.63) is 86.1 Å². The molecule has 3 aromatic rings. The maximum atomic E-state index is 12.9. The summed E-state index contributed by atoms with van der Waals surface area (Å²) in [6.07, 6.45) is -3.13. The lowest BCUT2D eigenvalue weighted by Crippen LogP contribution is -2.14. The lowest BCUT2D eigenvalue weighted by Gasteiger charge is -2.11. The van der Waals surface area contributed by atoms with Crippen molar-refractivity contribution in [2.45, 2.75) is 20.0 Å². The van der Waals surface area contributed by atoms with E-state index < -0.39 is 17.6 Å². The van der Waals surface area contributed by atoms with Crippen LogP contribution in [0.4, 0.5) is 18.9 Å². The van der Waals surface area contributed by atoms with E-state index in [0.29, 0.717) is 10.6 Å². The number of hydrogen-bond acceptors (Lipinski definition) is 2. The molecule has 0 aliphatic rings. The molecule has 0 radical (unpaired) electrons. The molecule has 0 spiro atoms. The quantitative estimate of drug-likeness (QED) is 0.294. The zero-order valence-corrected chi connectivity index (χ0v) is 19.2. The van der Waals surface area contributed by atoms with Gasteiger partial charge in [0.15, 0.2) is 0 Å². The molecular weight excluding hydrogens is 507 g/mol. The Morgan fingerprint density at radius 1 is 1.19 bits per heavy atom. The molecule has 1 N–H and O–H groups in total. The van der Waals surface area contributed by atoms with Crippen LogP contribution in [0.5, 0.6) is 0 Å². The van der Waals surface area contributed by atoms with Gasteiger partial charge in [0.1, 0.15) is 11.6 Å². The summed E-state index contributed by atoms with van der Waals surface area (Å²) in [5, 5.41) is 12.4. The predicted molar refractivity (Wildman–Crippen MR) is 122 cm³/mol. The lowest BCUT2D eigenvalue weighted by atomic mass is 10.1. The lowest BCUT2D eigenvalue weighted by molar-refractivity contribution is -0.137. The van der Waals surface area contributed by atoms with Crippen molar-refractivity contribution in [2.24, 2.45) is 0 Å². The van der Waals surface area contributed by atoms with Crippen molar-refractivity contribution < 1.29 is 18.0 Å². The summed E-state index contributed by atoms with van der Waals surface area (Å²) in [5.41, 5.74) is 1.85. The van der Waals surface area contributed by atoms with Crippen LogP contribution in [-0.2, 0) is 11.0 Å². The monoisotopic (exact) mass is 521 g/mol. The van der Waals surface area contributed by atoms with Crippen molar-refractivity contribution in [3.8, 4) is 11.8 Å². The van der Waals surface area contributed by atoms with Gasteiger partial charge in [-0.25, -0.2) is 0 Å². The molecule has 164 valence electrons. The van der Waals surface area contributed by atoms with Crippen LogP contribution < -0.4 is 5.32 Å². The number of amides is 1. The zero-order valence-electron chi connectivity index (χ0n) is 16.9. The van der Waals surface area contributed by atoms with Crippen LogP contribution in [0.15, 0.2) is 58.6 Å². The van der Waals surface area contributed by atoms with Gasteiger partial charge in [-0.2, -0.15) is 18.4 Å². The number of nitriles is 1. The third-order valence-electron chi connectivity index (χ3n) is 4.74. The highest BCUT2D eigenvalue weighted by molar-refractivity contribution is 9.10. The third-order valence-corrected chi connectivity index (χ3v) is 5.98. The average molecular weight is 523 g/mol. The largest absolute Gasteiger partial charge is 0.416 e. The van der Waals surface area contributed by atoms with Gasteiger partial charge >= 0.3 is 6.18 Å². The summed E-state index contributed by atoms with van der Waals surface area (Å²) >= 11 is 9.55. The Bertz CT molecular complexity index is 1270. The molecule has 2 aromatic carbocycles. The maximum absolute atomic E-state index is 12.9. The van der Waals surface area contributed by atoms with Crippen molar-refractivity contribution in [1.82, 2.24) is 4.57 Å². The molecule has 0 unspecified atom stereocenters. The van der Waals surface area contributed by atoms with Crippen LogP contribution in [-0.4, -0.2) is 10.5 Å². The van der Waals surface area contributed by atoms with Crippen LogP contribution in [0, 0.1) is 25.2 Å². The van der Waals surface area contributed by atoms with Gasteiger partial charge in [0.05, 0.1) is 10.6 Å². The first kappa shape index (κ1) is 23.6. The fourth-order valence-corrected chi connectivity index (χ4v) is 3.65. The van der Waals surface area contributed by atoms with Gasteiger partial charge in [0, 0.05) is 27.2 Å². The number of benzene rings is 2. The first-order chi connectivity index (χ1) is 15.0. The number of alkyl halides is 3. The minimum atomic E-state index is -4.54. The number of anilines is 1. The number of hydrogen-bond donors (Lipinski definition) is 1. The fourth-order valence-electron chi connectivity index (χ4n) is 3.23. The highest BCUT2D eigenvalue weighted by Gasteiger charge is 2.30. The highest BCUT2D eigenvalue weighted by Crippen LogP contribution is 2.31. The van der Waals surface area contributed by atoms with Gasteiger partial charge in [-0.15, -0.1) is 0 Å². The second kappa shape index (κ2) is 9.23. The van der Waals surface area contributed by atoms with Crippen molar-refractivity contribution >= 4 is 45.2 Å². The Kier molecular flexibility index (Phi) is 6.82. The van der Waals surface area contributed by atoms with E-state index in [9.17, 15) is 23.2 Å². The number of aromatic nitrogens is 1. The Hall–Kier alpha value is -3.02. The molecule has 32 heavy (non-hydrogen) atoms. The molecule has 0 atom stereocenters. The third kappa shape index (κ3) is 5.06. The van der Waals surface area contributed by atoms with E-state index in [2.05, 4.69) is 21.2 Å². The number of rotatable bonds is 4. The number of nitrogens with one attached hydrogen (secondary N) is 1. The van der Waals surface area contributed by atoms with Gasteiger partial charge in [-0.3, -0.25) is 4.79 Å². The van der Waals surface area contributed by atoms with Crippen LogP contribution in [0.3, 0.4) is 0 Å². The van der Waals surface area contributed by atoms with E-state index in [1.165, 1.54) is 18.2 Å². The number of halogens is 5. The maximum Gasteiger partial charge on any atom is 0.416 e. The minimum Gasteiger partial charge on any atom is -0.321 e. The van der Waals surface area contributed by atoms with Gasteiger partial charge in [-0.1, -0.05) is 17.7 Å². The number of carbonyl (C=O) groups is 1. The number of aryl methyl sites for hydroxylation is 1. The Balaban J connectivity index is 1.92. The van der Waals surface area contributed by atoms with E-state index in [1.54, 1.807) is 12.1 Å². The number of nitrogens with zero attached hydrogens (tertiary/aromatic N) is 2. The smallest absolute Gasteiger partial charge is 0.321 e. The van der Waals surface area contributed by atoms with E-state index in [1.807, 2.05) is 36.6 Å². The van der Waals surface area contributed by atoms with Crippen molar-refractivity contribution in [2.75, 3.05) is 5.32 Å². The standard InChI is InChI=1S/C23H16BrClF3N3O/c1-13-8-15(14(2)31(13)19-6-7-20(24)21(25)11-19)9-16(12-29)22(32)30-18-5-3-4-17(10-18)23(26,27)28/h3-11H,1-2H3,(H,30,32)/b16-9-. The molecule has 1 amide bonds. The Morgan fingerprint density at radius 3 is 2.53 bits per heavy atom. The van der Waals surface area contributed by atoms with Crippen LogP contribution in [0.1, 0.15) is 22.5 Å². The van der Waals surface area contributed by atoms with Gasteiger partial charge < -0.3 is 9.88 Å². The first-order valence-corrected chi connectivity index (χ1v) is 10.4. The molecule has 0 bridgehead atoms. The van der Waals surface area contributed by atoms with Crippen LogP contribution in [0.25, 0.3) is 11.8 Å². The molecule has 0 saturated carbocycles. The van der Waals surface area contributed by atoms with Crippen LogP contribution >= 0.6 is 27.5 Å². The Morgan fingerprint density at radius 2 is 1.91 bits per heavy atom. The summed E-state index contributed by atoms with van der Waals surface area (Å²) in [7, 11) is 0. The second-order valence-corrected chi connectivity index (χ2v) is 8.22. The molecule has 3 rings (SSSR count). The summed E-state index contributed by atoms with van der Waals surface area (Å²) in [6, 6.07) is 13.3. The molecule has 0 aliphatic heterocycles. The van der Waals surface area contributed by atoms with E-state index >= 15 is 0 Å². The van der Waals surface area contributed by atoms with Crippen LogP contribution in [0.2, 0.25) is 5.02 Å². The summed E-state index contributed by atoms with van der Waals surface area (Å²) in [6.45, 7) is 3.70. The predicted octanol–water partition coefficient (Wildman–Crippen LogP) is 7.07.